The highest BCUT2D eigenvalue weighted by atomic mass is 19.4. The number of halogens is 3. The van der Waals surface area contributed by atoms with Crippen molar-refractivity contribution in [3.05, 3.63) is 29.6 Å². The minimum atomic E-state index is -4.41. The van der Waals surface area contributed by atoms with E-state index in [9.17, 15) is 23.1 Å². The second-order valence-electron chi connectivity index (χ2n) is 5.89. The zero-order chi connectivity index (χ0) is 17.7. The minimum absolute atomic E-state index is 0.0170. The van der Waals surface area contributed by atoms with Gasteiger partial charge >= 0.3 is 12.2 Å². The molecule has 1 unspecified atom stereocenters. The molecule has 1 aromatic heterocycles. The summed E-state index contributed by atoms with van der Waals surface area (Å²) < 4.78 is 37.8. The van der Waals surface area contributed by atoms with Gasteiger partial charge in [-0.25, -0.2) is 4.79 Å². The maximum Gasteiger partial charge on any atom is 0.416 e. The fraction of sp³-hybridized carbons (Fsp3) is 0.600. The van der Waals surface area contributed by atoms with Crippen LogP contribution in [0.25, 0.3) is 0 Å². The van der Waals surface area contributed by atoms with Crippen LogP contribution in [-0.2, 0) is 12.6 Å². The number of rotatable bonds is 6. The van der Waals surface area contributed by atoms with Gasteiger partial charge in [-0.1, -0.05) is 13.8 Å². The lowest BCUT2D eigenvalue weighted by atomic mass is 9.89. The molecular formula is C15H22F3N3O2. The standard InChI is InChI=1S/C15H22F3N3O2/c1-10(2)14(3,9-22)21-13(23)20-7-5-12-8-11(4-6-19-12)15(16,17)18/h4,6,8,10,22H,5,7,9H2,1-3H3,(H2,20,21,23). The normalized spacial score (nSPS) is 14.4. The zero-order valence-electron chi connectivity index (χ0n) is 13.4. The monoisotopic (exact) mass is 333 g/mol. The average molecular weight is 333 g/mol. The van der Waals surface area contributed by atoms with E-state index in [0.29, 0.717) is 0 Å². The first-order chi connectivity index (χ1) is 10.6. The summed E-state index contributed by atoms with van der Waals surface area (Å²) in [5.74, 6) is 0.0170. The van der Waals surface area contributed by atoms with Gasteiger partial charge in [0, 0.05) is 24.9 Å². The van der Waals surface area contributed by atoms with E-state index < -0.39 is 23.3 Å². The van der Waals surface area contributed by atoms with Crippen molar-refractivity contribution < 1.29 is 23.1 Å². The third kappa shape index (κ3) is 5.70. The number of amides is 2. The van der Waals surface area contributed by atoms with Gasteiger partial charge in [0.15, 0.2) is 0 Å². The number of aromatic nitrogens is 1. The summed E-state index contributed by atoms with van der Waals surface area (Å²) in [7, 11) is 0. The molecule has 0 aromatic carbocycles. The van der Waals surface area contributed by atoms with Gasteiger partial charge < -0.3 is 15.7 Å². The Morgan fingerprint density at radius 3 is 2.57 bits per heavy atom. The van der Waals surface area contributed by atoms with Gasteiger partial charge in [0.05, 0.1) is 17.7 Å². The zero-order valence-corrected chi connectivity index (χ0v) is 13.4. The Kier molecular flexibility index (Phi) is 6.37. The summed E-state index contributed by atoms with van der Waals surface area (Å²) in [6, 6.07) is 1.38. The highest BCUT2D eigenvalue weighted by molar-refractivity contribution is 5.74. The fourth-order valence-corrected chi connectivity index (χ4v) is 1.77. The molecule has 8 heteroatoms. The molecular weight excluding hydrogens is 311 g/mol. The molecule has 0 fully saturated rings. The average Bonchev–Trinajstić information content (AvgIpc) is 2.46. The molecule has 1 rings (SSSR count). The number of carbonyl (C=O) groups is 1. The van der Waals surface area contributed by atoms with Crippen LogP contribution in [-0.4, -0.2) is 34.8 Å². The van der Waals surface area contributed by atoms with Gasteiger partial charge in [0.2, 0.25) is 0 Å². The first-order valence-corrected chi connectivity index (χ1v) is 7.27. The van der Waals surface area contributed by atoms with Crippen LogP contribution in [0.15, 0.2) is 18.3 Å². The van der Waals surface area contributed by atoms with Gasteiger partial charge in [-0.05, 0) is 25.0 Å². The van der Waals surface area contributed by atoms with Crippen molar-refractivity contribution in [3.63, 3.8) is 0 Å². The molecule has 0 aliphatic rings. The Labute approximate surface area is 133 Å². The maximum absolute atomic E-state index is 12.6. The highest BCUT2D eigenvalue weighted by Gasteiger charge is 2.31. The summed E-state index contributed by atoms with van der Waals surface area (Å²) in [6.07, 6.45) is -3.14. The van der Waals surface area contributed by atoms with Crippen LogP contribution < -0.4 is 10.6 Å². The summed E-state index contributed by atoms with van der Waals surface area (Å²) in [6.45, 7) is 5.37. The molecule has 0 bridgehead atoms. The SMILES string of the molecule is CC(C)C(C)(CO)NC(=O)NCCc1cc(C(F)(F)F)ccn1. The number of carbonyl (C=O) groups excluding carboxylic acids is 1. The summed E-state index contributed by atoms with van der Waals surface area (Å²) in [5, 5.41) is 14.6. The molecule has 5 nitrogen and oxygen atoms in total. The van der Waals surface area contributed by atoms with E-state index in [0.717, 1.165) is 18.3 Å². The first kappa shape index (κ1) is 19.2. The van der Waals surface area contributed by atoms with E-state index in [-0.39, 0.29) is 31.2 Å². The smallest absolute Gasteiger partial charge is 0.394 e. The molecule has 23 heavy (non-hydrogen) atoms. The van der Waals surface area contributed by atoms with Gasteiger partial charge in [-0.15, -0.1) is 0 Å². The van der Waals surface area contributed by atoms with Gasteiger partial charge in [0.1, 0.15) is 0 Å². The Morgan fingerprint density at radius 1 is 1.39 bits per heavy atom. The predicted octanol–water partition coefficient (Wildman–Crippen LogP) is 2.35. The number of hydrogen-bond donors (Lipinski definition) is 3. The molecule has 1 heterocycles. The van der Waals surface area contributed by atoms with E-state index >= 15 is 0 Å². The quantitative estimate of drug-likeness (QED) is 0.748. The summed E-state index contributed by atoms with van der Waals surface area (Å²) in [4.78, 5) is 15.7. The Balaban J connectivity index is 2.53. The van der Waals surface area contributed by atoms with Crippen molar-refractivity contribution in [3.8, 4) is 0 Å². The molecule has 0 aliphatic heterocycles. The van der Waals surface area contributed by atoms with E-state index in [1.54, 1.807) is 6.92 Å². The van der Waals surface area contributed by atoms with Crippen molar-refractivity contribution in [2.45, 2.75) is 38.9 Å². The maximum atomic E-state index is 12.6. The van der Waals surface area contributed by atoms with Crippen molar-refractivity contribution in [1.29, 1.82) is 0 Å². The van der Waals surface area contributed by atoms with Gasteiger partial charge in [-0.3, -0.25) is 4.98 Å². The summed E-state index contributed by atoms with van der Waals surface area (Å²) >= 11 is 0. The molecule has 2 amide bonds. The predicted molar refractivity (Wildman–Crippen MR) is 79.8 cm³/mol. The number of aliphatic hydroxyl groups excluding tert-OH is 1. The molecule has 0 radical (unpaired) electrons. The van der Waals surface area contributed by atoms with Crippen LogP contribution in [0.4, 0.5) is 18.0 Å². The van der Waals surface area contributed by atoms with E-state index in [1.165, 1.54) is 0 Å². The van der Waals surface area contributed by atoms with Crippen molar-refractivity contribution in [1.82, 2.24) is 15.6 Å². The third-order valence-corrected chi connectivity index (χ3v) is 3.81. The van der Waals surface area contributed by atoms with Crippen LogP contribution in [0, 0.1) is 5.92 Å². The van der Waals surface area contributed by atoms with Gasteiger partial charge in [-0.2, -0.15) is 13.2 Å². The fourth-order valence-electron chi connectivity index (χ4n) is 1.77. The molecule has 0 aliphatic carbocycles. The minimum Gasteiger partial charge on any atom is -0.394 e. The van der Waals surface area contributed by atoms with Crippen molar-refractivity contribution >= 4 is 6.03 Å². The van der Waals surface area contributed by atoms with Crippen molar-refractivity contribution in [2.24, 2.45) is 5.92 Å². The Morgan fingerprint density at radius 2 is 2.04 bits per heavy atom. The van der Waals surface area contributed by atoms with Crippen LogP contribution in [0.5, 0.6) is 0 Å². The number of pyridine rings is 1. The van der Waals surface area contributed by atoms with Crippen LogP contribution in [0.2, 0.25) is 0 Å². The lowest BCUT2D eigenvalue weighted by molar-refractivity contribution is -0.137. The second-order valence-corrected chi connectivity index (χ2v) is 5.89. The number of nitrogens with one attached hydrogen (secondary N) is 2. The van der Waals surface area contributed by atoms with E-state index in [2.05, 4.69) is 15.6 Å². The van der Waals surface area contributed by atoms with Crippen LogP contribution in [0.1, 0.15) is 32.0 Å². The van der Waals surface area contributed by atoms with Crippen molar-refractivity contribution in [2.75, 3.05) is 13.2 Å². The van der Waals surface area contributed by atoms with E-state index in [1.807, 2.05) is 13.8 Å². The number of aliphatic hydroxyl groups is 1. The molecule has 3 N–H and O–H groups in total. The first-order valence-electron chi connectivity index (χ1n) is 7.27. The molecule has 0 saturated carbocycles. The Hall–Kier alpha value is -1.83. The Bertz CT molecular complexity index is 535. The van der Waals surface area contributed by atoms with E-state index in [4.69, 9.17) is 0 Å². The number of hydrogen-bond acceptors (Lipinski definition) is 3. The molecule has 0 spiro atoms. The number of nitrogens with zero attached hydrogens (tertiary/aromatic N) is 1. The lowest BCUT2D eigenvalue weighted by Crippen LogP contribution is -2.55. The molecule has 1 atom stereocenters. The lowest BCUT2D eigenvalue weighted by Gasteiger charge is -2.32. The van der Waals surface area contributed by atoms with Crippen LogP contribution in [0.3, 0.4) is 0 Å². The topological polar surface area (TPSA) is 74.2 Å². The number of urea groups is 1. The molecule has 1 aromatic rings. The largest absolute Gasteiger partial charge is 0.416 e. The number of alkyl halides is 3. The third-order valence-electron chi connectivity index (χ3n) is 3.81. The van der Waals surface area contributed by atoms with Crippen LogP contribution >= 0.6 is 0 Å². The molecule has 0 saturated heterocycles. The highest BCUT2D eigenvalue weighted by Crippen LogP contribution is 2.28. The second kappa shape index (κ2) is 7.63. The molecule has 130 valence electrons. The summed E-state index contributed by atoms with van der Waals surface area (Å²) in [5.41, 5.74) is -1.29. The van der Waals surface area contributed by atoms with Gasteiger partial charge in [0.25, 0.3) is 0 Å².